The van der Waals surface area contributed by atoms with Crippen LogP contribution in [0, 0.1) is 18.0 Å². The van der Waals surface area contributed by atoms with E-state index in [0.717, 1.165) is 29.8 Å². The van der Waals surface area contributed by atoms with Gasteiger partial charge >= 0.3 is 0 Å². The van der Waals surface area contributed by atoms with Crippen molar-refractivity contribution in [3.05, 3.63) is 63.2 Å². The van der Waals surface area contributed by atoms with E-state index in [4.69, 9.17) is 23.2 Å². The number of halogens is 2. The lowest BCUT2D eigenvalue weighted by Crippen LogP contribution is -2.25. The first-order valence-electron chi connectivity index (χ1n) is 9.91. The zero-order valence-electron chi connectivity index (χ0n) is 16.3. The fourth-order valence-corrected chi connectivity index (χ4v) is 4.76. The average Bonchev–Trinajstić information content (AvgIpc) is 3.00. The summed E-state index contributed by atoms with van der Waals surface area (Å²) in [5.41, 5.74) is 3.02. The first kappa shape index (κ1) is 20.0. The fourth-order valence-electron chi connectivity index (χ4n) is 4.22. The lowest BCUT2D eigenvalue weighted by atomic mass is 9.89. The van der Waals surface area contributed by atoms with Crippen molar-refractivity contribution in [3.63, 3.8) is 0 Å². The molecule has 0 atom stereocenters. The molecule has 29 heavy (non-hydrogen) atoms. The summed E-state index contributed by atoms with van der Waals surface area (Å²) in [6.07, 6.45) is 11.0. The van der Waals surface area contributed by atoms with Crippen molar-refractivity contribution in [3.8, 4) is 0 Å². The van der Waals surface area contributed by atoms with Crippen LogP contribution in [-0.4, -0.2) is 10.5 Å². The smallest absolute Gasteiger partial charge is 0.255 e. The third kappa shape index (κ3) is 4.21. The predicted molar refractivity (Wildman–Crippen MR) is 117 cm³/mol. The van der Waals surface area contributed by atoms with Crippen LogP contribution in [-0.2, 0) is 6.54 Å². The Labute approximate surface area is 179 Å². The van der Waals surface area contributed by atoms with Gasteiger partial charge in [-0.05, 0) is 43.4 Å². The first-order chi connectivity index (χ1) is 13.9. The number of rotatable bonds is 4. The van der Waals surface area contributed by atoms with E-state index in [2.05, 4.69) is 23.0 Å². The topological polar surface area (TPSA) is 61.0 Å². The summed E-state index contributed by atoms with van der Waals surface area (Å²) in [5.74, 6) is 0.374. The summed E-state index contributed by atoms with van der Waals surface area (Å²) in [6.45, 7) is 3.08. The van der Waals surface area contributed by atoms with Crippen molar-refractivity contribution in [1.29, 1.82) is 0 Å². The molecule has 1 aliphatic carbocycles. The molecule has 5 nitrogen and oxygen atoms in total. The Morgan fingerprint density at radius 3 is 2.59 bits per heavy atom. The number of hydrogen-bond donors (Lipinski definition) is 1. The summed E-state index contributed by atoms with van der Waals surface area (Å²) in [7, 11) is 0. The van der Waals surface area contributed by atoms with Gasteiger partial charge in [-0.3, -0.25) is 4.79 Å². The van der Waals surface area contributed by atoms with Crippen molar-refractivity contribution < 1.29 is 9.52 Å². The van der Waals surface area contributed by atoms with E-state index < -0.39 is 0 Å². The van der Waals surface area contributed by atoms with E-state index in [-0.39, 0.29) is 21.6 Å². The highest BCUT2D eigenvalue weighted by Crippen LogP contribution is 2.31. The minimum Gasteiger partial charge on any atom is -0.619 e. The minimum absolute atomic E-state index is 0.0958. The van der Waals surface area contributed by atoms with Gasteiger partial charge in [0, 0.05) is 29.2 Å². The standard InChI is InChI=1S/C22H23Cl2N3O2/c1-14-10-26(11-15-5-3-2-4-6-15)20-9-16(7-8-17(14)20)22(28)25-21-18(23)12-27(29)13-19(21)24/h7-10,12-13,15H,2-6,11H2,1H3,(H,25,28). The summed E-state index contributed by atoms with van der Waals surface area (Å²) < 4.78 is 2.79. The molecule has 0 unspecified atom stereocenters. The van der Waals surface area contributed by atoms with Gasteiger partial charge in [0.25, 0.3) is 5.91 Å². The van der Waals surface area contributed by atoms with Gasteiger partial charge in [0.05, 0.1) is 5.69 Å². The van der Waals surface area contributed by atoms with Gasteiger partial charge in [0.15, 0.2) is 0 Å². The second-order valence-corrected chi connectivity index (χ2v) is 8.66. The number of carbonyl (C=O) groups excluding carboxylic acids is 1. The van der Waals surface area contributed by atoms with Gasteiger partial charge in [-0.2, -0.15) is 4.73 Å². The van der Waals surface area contributed by atoms with Gasteiger partial charge in [-0.1, -0.05) is 48.5 Å². The highest BCUT2D eigenvalue weighted by Gasteiger charge is 2.18. The number of carbonyl (C=O) groups is 1. The molecule has 0 saturated heterocycles. The van der Waals surface area contributed by atoms with Gasteiger partial charge in [-0.15, -0.1) is 0 Å². The van der Waals surface area contributed by atoms with Crippen LogP contribution in [0.1, 0.15) is 48.0 Å². The molecule has 1 fully saturated rings. The molecule has 4 rings (SSSR count). The highest BCUT2D eigenvalue weighted by atomic mass is 35.5. The summed E-state index contributed by atoms with van der Waals surface area (Å²) in [5, 5.41) is 15.5. The second kappa shape index (κ2) is 8.25. The number of anilines is 1. The van der Waals surface area contributed by atoms with E-state index in [1.165, 1.54) is 37.7 Å². The molecule has 0 spiro atoms. The maximum atomic E-state index is 12.8. The molecule has 1 N–H and O–H groups in total. The lowest BCUT2D eigenvalue weighted by Gasteiger charge is -2.22. The van der Waals surface area contributed by atoms with Crippen LogP contribution < -0.4 is 10.0 Å². The Balaban J connectivity index is 1.62. The van der Waals surface area contributed by atoms with Crippen LogP contribution in [0.15, 0.2) is 36.8 Å². The molecule has 0 bridgehead atoms. The largest absolute Gasteiger partial charge is 0.619 e. The van der Waals surface area contributed by atoms with Crippen molar-refractivity contribution >= 4 is 45.7 Å². The highest BCUT2D eigenvalue weighted by molar-refractivity contribution is 6.39. The predicted octanol–water partition coefficient (Wildman–Crippen LogP) is 5.72. The number of hydrogen-bond acceptors (Lipinski definition) is 2. The van der Waals surface area contributed by atoms with E-state index in [0.29, 0.717) is 16.2 Å². The van der Waals surface area contributed by atoms with E-state index in [1.54, 1.807) is 6.07 Å². The number of pyridine rings is 1. The molecule has 0 aliphatic heterocycles. The van der Waals surface area contributed by atoms with Crippen LogP contribution >= 0.6 is 23.2 Å². The third-order valence-corrected chi connectivity index (χ3v) is 6.29. The van der Waals surface area contributed by atoms with Crippen molar-refractivity contribution in [1.82, 2.24) is 4.57 Å². The zero-order valence-corrected chi connectivity index (χ0v) is 17.8. The van der Waals surface area contributed by atoms with Gasteiger partial charge in [0.2, 0.25) is 12.4 Å². The van der Waals surface area contributed by atoms with E-state index >= 15 is 0 Å². The van der Waals surface area contributed by atoms with Gasteiger partial charge in [0.1, 0.15) is 10.0 Å². The monoisotopic (exact) mass is 431 g/mol. The minimum atomic E-state index is -0.317. The number of amides is 1. The number of benzene rings is 1. The molecule has 1 saturated carbocycles. The zero-order chi connectivity index (χ0) is 20.5. The molecule has 1 amide bonds. The van der Waals surface area contributed by atoms with Crippen LogP contribution in [0.5, 0.6) is 0 Å². The molecule has 7 heteroatoms. The van der Waals surface area contributed by atoms with E-state index in [1.807, 2.05) is 12.1 Å². The second-order valence-electron chi connectivity index (χ2n) is 7.84. The molecule has 0 radical (unpaired) electrons. The SMILES string of the molecule is Cc1cn(CC2CCCCC2)c2cc(C(=O)Nc3c(Cl)c[n+]([O-])cc3Cl)ccc12. The molecule has 3 aromatic rings. The maximum absolute atomic E-state index is 12.8. The summed E-state index contributed by atoms with van der Waals surface area (Å²) in [4.78, 5) is 12.8. The Bertz CT molecular complexity index is 1050. The Morgan fingerprint density at radius 1 is 1.21 bits per heavy atom. The maximum Gasteiger partial charge on any atom is 0.255 e. The summed E-state index contributed by atoms with van der Waals surface area (Å²) in [6, 6.07) is 5.70. The average molecular weight is 432 g/mol. The molecular weight excluding hydrogens is 409 g/mol. The van der Waals surface area contributed by atoms with Crippen molar-refractivity contribution in [2.45, 2.75) is 45.6 Å². The molecule has 152 valence electrons. The Morgan fingerprint density at radius 2 is 1.90 bits per heavy atom. The first-order valence-corrected chi connectivity index (χ1v) is 10.7. The Kier molecular flexibility index (Phi) is 5.70. The van der Waals surface area contributed by atoms with Crippen LogP contribution in [0.3, 0.4) is 0 Å². The number of aromatic nitrogens is 2. The summed E-state index contributed by atoms with van der Waals surface area (Å²) >= 11 is 12.1. The van der Waals surface area contributed by atoms with Crippen molar-refractivity contribution in [2.75, 3.05) is 5.32 Å². The van der Waals surface area contributed by atoms with Gasteiger partial charge < -0.3 is 15.1 Å². The molecular formula is C22H23Cl2N3O2. The quantitative estimate of drug-likeness (QED) is 0.423. The van der Waals surface area contributed by atoms with Crippen molar-refractivity contribution in [2.24, 2.45) is 5.92 Å². The Hall–Kier alpha value is -2.24. The molecule has 1 aliphatic rings. The third-order valence-electron chi connectivity index (χ3n) is 5.72. The normalized spacial score (nSPS) is 15.0. The van der Waals surface area contributed by atoms with Crippen LogP contribution in [0.4, 0.5) is 5.69 Å². The number of aryl methyl sites for hydroxylation is 1. The number of nitrogens with zero attached hydrogens (tertiary/aromatic N) is 2. The molecule has 2 aromatic heterocycles. The van der Waals surface area contributed by atoms with Crippen LogP contribution in [0.2, 0.25) is 10.0 Å². The van der Waals surface area contributed by atoms with E-state index in [9.17, 15) is 10.0 Å². The molecule has 2 heterocycles. The number of fused-ring (bicyclic) bond motifs is 1. The molecule has 1 aromatic carbocycles. The fraction of sp³-hybridized carbons (Fsp3) is 0.364. The van der Waals surface area contributed by atoms with Crippen LogP contribution in [0.25, 0.3) is 10.9 Å². The van der Waals surface area contributed by atoms with Gasteiger partial charge in [-0.25, -0.2) is 0 Å². The lowest BCUT2D eigenvalue weighted by molar-refractivity contribution is -0.605. The number of nitrogens with one attached hydrogen (secondary N) is 1.